The molecule has 0 saturated carbocycles. The van der Waals surface area contributed by atoms with E-state index < -0.39 is 0 Å². The lowest BCUT2D eigenvalue weighted by molar-refractivity contribution is 0.102. The number of hydrogen-bond donors (Lipinski definition) is 2. The molecule has 1 amide bonds. The normalized spacial score (nSPS) is 10.4. The molecule has 7 heteroatoms. The summed E-state index contributed by atoms with van der Waals surface area (Å²) < 4.78 is 0. The third-order valence-corrected chi connectivity index (χ3v) is 4.17. The fourth-order valence-corrected chi connectivity index (χ4v) is 2.96. The Morgan fingerprint density at radius 1 is 1.25 bits per heavy atom. The number of carbonyl (C=O) groups excluding carboxylic acids is 1. The van der Waals surface area contributed by atoms with E-state index in [0.29, 0.717) is 16.4 Å². The molecular weight excluding hydrogens is 322 g/mol. The maximum atomic E-state index is 12.5. The summed E-state index contributed by atoms with van der Waals surface area (Å²) >= 11 is 1.37. The van der Waals surface area contributed by atoms with Crippen molar-refractivity contribution in [3.8, 4) is 10.7 Å². The Labute approximate surface area is 144 Å². The van der Waals surface area contributed by atoms with Gasteiger partial charge in [-0.2, -0.15) is 0 Å². The summed E-state index contributed by atoms with van der Waals surface area (Å²) in [6.07, 6.45) is 4.83. The van der Waals surface area contributed by atoms with E-state index in [4.69, 9.17) is 0 Å². The van der Waals surface area contributed by atoms with Crippen molar-refractivity contribution in [2.45, 2.75) is 13.8 Å². The first kappa shape index (κ1) is 16.1. The van der Waals surface area contributed by atoms with E-state index in [1.807, 2.05) is 32.0 Å². The number of anilines is 2. The summed E-state index contributed by atoms with van der Waals surface area (Å²) in [5.74, 6) is -0.246. The molecule has 6 nitrogen and oxygen atoms in total. The van der Waals surface area contributed by atoms with Gasteiger partial charge >= 0.3 is 0 Å². The molecule has 2 N–H and O–H groups in total. The standard InChI is InChI=1S/C17H17N5OS/c1-3-19-13-8-11(2)4-5-12(13)21-16(23)15-10-24-17(22-15)14-9-18-6-7-20-14/h4-10,19H,3H2,1-2H3,(H,21,23). The Balaban J connectivity index is 1.80. The molecule has 3 rings (SSSR count). The number of thiazole rings is 1. The molecule has 0 unspecified atom stereocenters. The van der Waals surface area contributed by atoms with Crippen LogP contribution in [0.15, 0.2) is 42.2 Å². The van der Waals surface area contributed by atoms with Crippen LogP contribution in [0.3, 0.4) is 0 Å². The largest absolute Gasteiger partial charge is 0.384 e. The number of nitrogens with zero attached hydrogens (tertiary/aromatic N) is 3. The quantitative estimate of drug-likeness (QED) is 0.742. The molecule has 0 spiro atoms. The van der Waals surface area contributed by atoms with Crippen molar-refractivity contribution in [2.24, 2.45) is 0 Å². The van der Waals surface area contributed by atoms with Crippen LogP contribution in [0.4, 0.5) is 11.4 Å². The van der Waals surface area contributed by atoms with E-state index in [1.54, 1.807) is 24.0 Å². The van der Waals surface area contributed by atoms with Crippen molar-refractivity contribution in [3.63, 3.8) is 0 Å². The average Bonchev–Trinajstić information content (AvgIpc) is 3.08. The van der Waals surface area contributed by atoms with Crippen molar-refractivity contribution >= 4 is 28.6 Å². The Kier molecular flexibility index (Phi) is 4.81. The van der Waals surface area contributed by atoms with Crippen LogP contribution in [0.25, 0.3) is 10.7 Å². The van der Waals surface area contributed by atoms with Crippen LogP contribution in [0.2, 0.25) is 0 Å². The SMILES string of the molecule is CCNc1cc(C)ccc1NC(=O)c1csc(-c2cnccn2)n1. The van der Waals surface area contributed by atoms with Crippen molar-refractivity contribution in [1.29, 1.82) is 0 Å². The predicted octanol–water partition coefficient (Wildman–Crippen LogP) is 3.59. The third-order valence-electron chi connectivity index (χ3n) is 3.31. The zero-order chi connectivity index (χ0) is 16.9. The molecule has 0 fully saturated rings. The summed E-state index contributed by atoms with van der Waals surface area (Å²) in [5.41, 5.74) is 3.79. The summed E-state index contributed by atoms with van der Waals surface area (Å²) in [4.78, 5) is 25.0. The van der Waals surface area contributed by atoms with Gasteiger partial charge in [0.2, 0.25) is 0 Å². The first-order chi connectivity index (χ1) is 11.7. The fourth-order valence-electron chi connectivity index (χ4n) is 2.20. The molecular formula is C17H17N5OS. The number of carbonyl (C=O) groups is 1. The van der Waals surface area contributed by atoms with E-state index in [0.717, 1.165) is 23.5 Å². The molecule has 0 atom stereocenters. The number of aryl methyl sites for hydroxylation is 1. The van der Waals surface area contributed by atoms with Crippen molar-refractivity contribution in [1.82, 2.24) is 15.0 Å². The minimum atomic E-state index is -0.246. The highest BCUT2D eigenvalue weighted by Gasteiger charge is 2.14. The van der Waals surface area contributed by atoms with Gasteiger partial charge in [-0.05, 0) is 31.5 Å². The molecule has 0 bridgehead atoms. The fraction of sp³-hybridized carbons (Fsp3) is 0.176. The number of rotatable bonds is 5. The van der Waals surface area contributed by atoms with Gasteiger partial charge in [-0.1, -0.05) is 6.07 Å². The number of nitrogens with one attached hydrogen (secondary N) is 2. The summed E-state index contributed by atoms with van der Waals surface area (Å²) in [7, 11) is 0. The lowest BCUT2D eigenvalue weighted by Gasteiger charge is -2.12. The van der Waals surface area contributed by atoms with Crippen LogP contribution in [0.1, 0.15) is 23.0 Å². The molecule has 24 heavy (non-hydrogen) atoms. The predicted molar refractivity (Wildman–Crippen MR) is 96.4 cm³/mol. The van der Waals surface area contributed by atoms with Gasteiger partial charge in [0.25, 0.3) is 5.91 Å². The van der Waals surface area contributed by atoms with Crippen LogP contribution < -0.4 is 10.6 Å². The van der Waals surface area contributed by atoms with Crippen molar-refractivity contribution in [3.05, 3.63) is 53.4 Å². The third kappa shape index (κ3) is 3.57. The van der Waals surface area contributed by atoms with Crippen LogP contribution in [0.5, 0.6) is 0 Å². The molecule has 1 aromatic carbocycles. The highest BCUT2D eigenvalue weighted by atomic mass is 32.1. The molecule has 0 aliphatic rings. The minimum absolute atomic E-state index is 0.246. The maximum absolute atomic E-state index is 12.5. The Bertz CT molecular complexity index is 847. The topological polar surface area (TPSA) is 79.8 Å². The smallest absolute Gasteiger partial charge is 0.275 e. The van der Waals surface area contributed by atoms with Gasteiger partial charge in [-0.15, -0.1) is 11.3 Å². The van der Waals surface area contributed by atoms with Crippen LogP contribution >= 0.6 is 11.3 Å². The summed E-state index contributed by atoms with van der Waals surface area (Å²) in [6.45, 7) is 4.81. The first-order valence-corrected chi connectivity index (χ1v) is 8.43. The Hall–Kier alpha value is -2.80. The molecule has 0 saturated heterocycles. The van der Waals surface area contributed by atoms with Gasteiger partial charge in [0.1, 0.15) is 16.4 Å². The van der Waals surface area contributed by atoms with Gasteiger partial charge in [0, 0.05) is 24.3 Å². The Morgan fingerprint density at radius 3 is 2.88 bits per heavy atom. The van der Waals surface area contributed by atoms with Gasteiger partial charge in [-0.25, -0.2) is 4.98 Å². The lowest BCUT2D eigenvalue weighted by Crippen LogP contribution is -2.14. The van der Waals surface area contributed by atoms with Crippen LogP contribution in [-0.2, 0) is 0 Å². The second-order valence-corrected chi connectivity index (χ2v) is 6.02. The highest BCUT2D eigenvalue weighted by Crippen LogP contribution is 2.25. The zero-order valence-corrected chi connectivity index (χ0v) is 14.2. The lowest BCUT2D eigenvalue weighted by atomic mass is 10.2. The van der Waals surface area contributed by atoms with Crippen LogP contribution in [-0.4, -0.2) is 27.4 Å². The maximum Gasteiger partial charge on any atom is 0.275 e. The molecule has 2 heterocycles. The highest BCUT2D eigenvalue weighted by molar-refractivity contribution is 7.13. The van der Waals surface area contributed by atoms with E-state index >= 15 is 0 Å². The van der Waals surface area contributed by atoms with Crippen molar-refractivity contribution < 1.29 is 4.79 Å². The molecule has 0 aliphatic carbocycles. The van der Waals surface area contributed by atoms with Gasteiger partial charge in [0.15, 0.2) is 0 Å². The average molecular weight is 339 g/mol. The molecule has 2 aromatic heterocycles. The number of benzene rings is 1. The molecule has 0 radical (unpaired) electrons. The monoisotopic (exact) mass is 339 g/mol. The van der Waals surface area contributed by atoms with E-state index in [-0.39, 0.29) is 5.91 Å². The van der Waals surface area contributed by atoms with Gasteiger partial charge in [0.05, 0.1) is 17.6 Å². The van der Waals surface area contributed by atoms with Crippen LogP contribution in [0, 0.1) is 6.92 Å². The molecule has 122 valence electrons. The van der Waals surface area contributed by atoms with Crippen molar-refractivity contribution in [2.75, 3.05) is 17.2 Å². The minimum Gasteiger partial charge on any atom is -0.384 e. The zero-order valence-electron chi connectivity index (χ0n) is 13.4. The molecule has 3 aromatic rings. The number of hydrogen-bond acceptors (Lipinski definition) is 6. The molecule has 0 aliphatic heterocycles. The van der Waals surface area contributed by atoms with Gasteiger partial charge in [-0.3, -0.25) is 14.8 Å². The second-order valence-electron chi connectivity index (χ2n) is 5.16. The summed E-state index contributed by atoms with van der Waals surface area (Å²) in [5, 5.41) is 8.56. The van der Waals surface area contributed by atoms with Gasteiger partial charge < -0.3 is 10.6 Å². The number of amides is 1. The summed E-state index contributed by atoms with van der Waals surface area (Å²) in [6, 6.07) is 5.86. The number of aromatic nitrogens is 3. The van der Waals surface area contributed by atoms with E-state index in [2.05, 4.69) is 25.6 Å². The Morgan fingerprint density at radius 2 is 2.12 bits per heavy atom. The first-order valence-electron chi connectivity index (χ1n) is 7.55. The second kappa shape index (κ2) is 7.18. The van der Waals surface area contributed by atoms with E-state index in [9.17, 15) is 4.79 Å². The van der Waals surface area contributed by atoms with E-state index in [1.165, 1.54) is 11.3 Å².